The van der Waals surface area contributed by atoms with Gasteiger partial charge in [0.2, 0.25) is 0 Å². The van der Waals surface area contributed by atoms with Crippen molar-refractivity contribution in [3.8, 4) is 0 Å². The summed E-state index contributed by atoms with van der Waals surface area (Å²) in [5.41, 5.74) is -0.0588. The molecule has 0 spiro atoms. The predicted molar refractivity (Wildman–Crippen MR) is 75.6 cm³/mol. The maximum Gasteiger partial charge on any atom is 0.252 e. The highest BCUT2D eigenvalue weighted by Gasteiger charge is 2.24. The fraction of sp³-hybridized carbons (Fsp3) is 0.714. The van der Waals surface area contributed by atoms with Crippen molar-refractivity contribution >= 4 is 5.82 Å². The lowest BCUT2D eigenvalue weighted by molar-refractivity contribution is 0.407. The fourth-order valence-corrected chi connectivity index (χ4v) is 2.69. The third-order valence-corrected chi connectivity index (χ3v) is 4.06. The number of aromatic amines is 1. The number of nitrogens with zero attached hydrogens (tertiary/aromatic N) is 2. The first kappa shape index (κ1) is 12.7. The summed E-state index contributed by atoms with van der Waals surface area (Å²) in [5.74, 6) is 2.45. The van der Waals surface area contributed by atoms with Crippen molar-refractivity contribution in [3.05, 3.63) is 22.2 Å². The van der Waals surface area contributed by atoms with Gasteiger partial charge < -0.3 is 15.2 Å². The van der Waals surface area contributed by atoms with E-state index in [0.717, 1.165) is 37.7 Å². The van der Waals surface area contributed by atoms with E-state index >= 15 is 0 Å². The molecule has 19 heavy (non-hydrogen) atoms. The molecular formula is C14H22N4O. The van der Waals surface area contributed by atoms with E-state index in [1.807, 2.05) is 6.92 Å². The molecule has 1 saturated carbocycles. The molecule has 1 aromatic rings. The summed E-state index contributed by atoms with van der Waals surface area (Å²) in [7, 11) is 0. The van der Waals surface area contributed by atoms with Crippen molar-refractivity contribution in [2.75, 3.05) is 24.5 Å². The van der Waals surface area contributed by atoms with E-state index in [1.54, 1.807) is 6.07 Å². The van der Waals surface area contributed by atoms with Gasteiger partial charge in [0.1, 0.15) is 11.6 Å². The molecule has 0 amide bonds. The molecule has 0 bridgehead atoms. The van der Waals surface area contributed by atoms with Crippen LogP contribution >= 0.6 is 0 Å². The van der Waals surface area contributed by atoms with E-state index < -0.39 is 0 Å². The first-order chi connectivity index (χ1) is 9.20. The number of rotatable bonds is 4. The number of nitrogens with one attached hydrogen (secondary N) is 2. The molecule has 2 aliphatic rings. The van der Waals surface area contributed by atoms with Gasteiger partial charge in [0, 0.05) is 25.2 Å². The van der Waals surface area contributed by atoms with Crippen LogP contribution in [0.15, 0.2) is 10.9 Å². The Kier molecular flexibility index (Phi) is 3.55. The molecule has 1 aliphatic carbocycles. The van der Waals surface area contributed by atoms with E-state index in [2.05, 4.69) is 20.2 Å². The zero-order valence-electron chi connectivity index (χ0n) is 11.5. The summed E-state index contributed by atoms with van der Waals surface area (Å²) < 4.78 is 0. The third kappa shape index (κ3) is 3.35. The Labute approximate surface area is 113 Å². The van der Waals surface area contributed by atoms with Crippen LogP contribution in [0.25, 0.3) is 0 Å². The van der Waals surface area contributed by atoms with Crippen LogP contribution in [0.2, 0.25) is 0 Å². The van der Waals surface area contributed by atoms with E-state index in [9.17, 15) is 4.79 Å². The summed E-state index contributed by atoms with van der Waals surface area (Å²) in [4.78, 5) is 20.8. The summed E-state index contributed by atoms with van der Waals surface area (Å²) in [5, 5.41) is 3.66. The second-order valence-electron chi connectivity index (χ2n) is 5.80. The van der Waals surface area contributed by atoms with Crippen LogP contribution in [0.4, 0.5) is 5.82 Å². The number of H-pyrrole nitrogens is 1. The van der Waals surface area contributed by atoms with Crippen molar-refractivity contribution in [1.82, 2.24) is 15.3 Å². The maximum atomic E-state index is 11.5. The standard InChI is InChI=1S/C14H22N4O/c1-10-16-13(8-14(19)17-10)18-6-4-12(5-7-18)15-9-11-2-3-11/h8,11-12,15H,2-7,9H2,1H3,(H,16,17,19). The molecule has 2 N–H and O–H groups in total. The summed E-state index contributed by atoms with van der Waals surface area (Å²) in [6.07, 6.45) is 5.09. The van der Waals surface area contributed by atoms with Crippen molar-refractivity contribution in [3.63, 3.8) is 0 Å². The first-order valence-electron chi connectivity index (χ1n) is 7.27. The molecule has 1 saturated heterocycles. The molecular weight excluding hydrogens is 240 g/mol. The Hall–Kier alpha value is -1.36. The zero-order valence-corrected chi connectivity index (χ0v) is 11.5. The second kappa shape index (κ2) is 5.33. The third-order valence-electron chi connectivity index (χ3n) is 4.06. The Balaban J connectivity index is 1.55. The van der Waals surface area contributed by atoms with Gasteiger partial charge in [-0.1, -0.05) is 0 Å². The van der Waals surface area contributed by atoms with Gasteiger partial charge in [-0.3, -0.25) is 4.79 Å². The van der Waals surface area contributed by atoms with Crippen LogP contribution in [0, 0.1) is 12.8 Å². The van der Waals surface area contributed by atoms with Crippen LogP contribution in [0.5, 0.6) is 0 Å². The van der Waals surface area contributed by atoms with Gasteiger partial charge in [0.25, 0.3) is 5.56 Å². The van der Waals surface area contributed by atoms with E-state index in [0.29, 0.717) is 11.9 Å². The molecule has 1 aromatic heterocycles. The molecule has 5 nitrogen and oxygen atoms in total. The highest BCUT2D eigenvalue weighted by atomic mass is 16.1. The van der Waals surface area contributed by atoms with Gasteiger partial charge in [-0.25, -0.2) is 4.98 Å². The topological polar surface area (TPSA) is 61.0 Å². The lowest BCUT2D eigenvalue weighted by atomic mass is 10.0. The molecule has 5 heteroatoms. The highest BCUT2D eigenvalue weighted by molar-refractivity contribution is 5.37. The van der Waals surface area contributed by atoms with Crippen LogP contribution in [0.1, 0.15) is 31.5 Å². The summed E-state index contributed by atoms with van der Waals surface area (Å²) in [6.45, 7) is 4.98. The summed E-state index contributed by atoms with van der Waals surface area (Å²) in [6, 6.07) is 2.24. The first-order valence-corrected chi connectivity index (χ1v) is 7.27. The Morgan fingerprint density at radius 1 is 1.37 bits per heavy atom. The number of aryl methyl sites for hydroxylation is 1. The molecule has 104 valence electrons. The van der Waals surface area contributed by atoms with Gasteiger partial charge in [0.05, 0.1) is 0 Å². The lowest BCUT2D eigenvalue weighted by Crippen LogP contribution is -2.43. The van der Waals surface area contributed by atoms with Gasteiger partial charge in [-0.15, -0.1) is 0 Å². The number of hydrogen-bond donors (Lipinski definition) is 2. The molecule has 2 fully saturated rings. The van der Waals surface area contributed by atoms with E-state index in [1.165, 1.54) is 19.4 Å². The van der Waals surface area contributed by atoms with Crippen LogP contribution in [-0.4, -0.2) is 35.6 Å². The minimum absolute atomic E-state index is 0.0588. The van der Waals surface area contributed by atoms with Crippen LogP contribution < -0.4 is 15.8 Å². The van der Waals surface area contributed by atoms with Crippen LogP contribution in [0.3, 0.4) is 0 Å². The number of anilines is 1. The normalized spacial score (nSPS) is 20.8. The molecule has 3 rings (SSSR count). The van der Waals surface area contributed by atoms with Gasteiger partial charge >= 0.3 is 0 Å². The SMILES string of the molecule is Cc1nc(N2CCC(NCC3CC3)CC2)cc(=O)[nH]1. The molecule has 2 heterocycles. The molecule has 0 radical (unpaired) electrons. The molecule has 0 unspecified atom stereocenters. The fourth-order valence-electron chi connectivity index (χ4n) is 2.69. The van der Waals surface area contributed by atoms with Crippen molar-refractivity contribution in [2.24, 2.45) is 5.92 Å². The number of piperidine rings is 1. The van der Waals surface area contributed by atoms with E-state index in [4.69, 9.17) is 0 Å². The van der Waals surface area contributed by atoms with Gasteiger partial charge in [-0.05, 0) is 45.1 Å². The largest absolute Gasteiger partial charge is 0.356 e. The minimum Gasteiger partial charge on any atom is -0.356 e. The lowest BCUT2D eigenvalue weighted by Gasteiger charge is -2.33. The average Bonchev–Trinajstić information content (AvgIpc) is 3.20. The highest BCUT2D eigenvalue weighted by Crippen LogP contribution is 2.28. The Bertz CT molecular complexity index is 486. The Morgan fingerprint density at radius 3 is 2.74 bits per heavy atom. The van der Waals surface area contributed by atoms with Crippen molar-refractivity contribution in [2.45, 2.75) is 38.6 Å². The monoisotopic (exact) mass is 262 g/mol. The number of hydrogen-bond acceptors (Lipinski definition) is 4. The maximum absolute atomic E-state index is 11.5. The average molecular weight is 262 g/mol. The number of aromatic nitrogens is 2. The van der Waals surface area contributed by atoms with Crippen molar-refractivity contribution < 1.29 is 0 Å². The van der Waals surface area contributed by atoms with Gasteiger partial charge in [-0.2, -0.15) is 0 Å². The molecule has 0 atom stereocenters. The van der Waals surface area contributed by atoms with Gasteiger partial charge in [0.15, 0.2) is 0 Å². The minimum atomic E-state index is -0.0588. The molecule has 1 aliphatic heterocycles. The van der Waals surface area contributed by atoms with Crippen molar-refractivity contribution in [1.29, 1.82) is 0 Å². The zero-order chi connectivity index (χ0) is 13.2. The molecule has 0 aromatic carbocycles. The Morgan fingerprint density at radius 2 is 2.11 bits per heavy atom. The summed E-state index contributed by atoms with van der Waals surface area (Å²) >= 11 is 0. The van der Waals surface area contributed by atoms with E-state index in [-0.39, 0.29) is 5.56 Å². The quantitative estimate of drug-likeness (QED) is 0.851. The second-order valence-corrected chi connectivity index (χ2v) is 5.80. The predicted octanol–water partition coefficient (Wildman–Crippen LogP) is 1.05. The smallest absolute Gasteiger partial charge is 0.252 e. The van der Waals surface area contributed by atoms with Crippen LogP contribution in [-0.2, 0) is 0 Å².